The van der Waals surface area contributed by atoms with Crippen molar-refractivity contribution in [2.45, 2.75) is 12.8 Å². The second-order valence-corrected chi connectivity index (χ2v) is 6.12. The van der Waals surface area contributed by atoms with E-state index in [2.05, 4.69) is 4.98 Å². The number of fused-ring (bicyclic) bond motifs is 1. The van der Waals surface area contributed by atoms with Crippen molar-refractivity contribution in [1.29, 1.82) is 0 Å². The molecule has 1 aromatic heterocycles. The van der Waals surface area contributed by atoms with Crippen LogP contribution >= 0.6 is 23.2 Å². The van der Waals surface area contributed by atoms with E-state index >= 15 is 0 Å². The summed E-state index contributed by atoms with van der Waals surface area (Å²) < 4.78 is 35.1. The Kier molecular flexibility index (Phi) is 3.82. The number of nitrogens with zero attached hydrogens (tertiary/aromatic N) is 1. The molecule has 0 unspecified atom stereocenters. The Morgan fingerprint density at radius 2 is 1.94 bits per heavy atom. The van der Waals surface area contributed by atoms with E-state index < -0.39 is 10.1 Å². The topological polar surface area (TPSA) is 80.4 Å². The molecule has 0 aliphatic rings. The quantitative estimate of drug-likeness (QED) is 0.878. The standard InChI is InChI=1S/C10H9Cl2NO4S/c11-6-4-8-9(5-7(6)12)17-10(13-8)2-1-3-18(14,15)16/h4-5H,1-3H2,(H,14,15,16). The third kappa shape index (κ3) is 3.35. The van der Waals surface area contributed by atoms with E-state index in [0.717, 1.165) is 0 Å². The third-order valence-corrected chi connectivity index (χ3v) is 3.79. The van der Waals surface area contributed by atoms with Crippen molar-refractivity contribution in [3.05, 3.63) is 28.1 Å². The Morgan fingerprint density at radius 3 is 2.61 bits per heavy atom. The third-order valence-electron chi connectivity index (χ3n) is 2.27. The van der Waals surface area contributed by atoms with Crippen molar-refractivity contribution in [3.8, 4) is 0 Å². The molecule has 0 spiro atoms. The minimum absolute atomic E-state index is 0.229. The number of aryl methyl sites for hydroxylation is 1. The molecule has 98 valence electrons. The van der Waals surface area contributed by atoms with E-state index in [0.29, 0.717) is 33.5 Å². The fourth-order valence-corrected chi connectivity index (χ4v) is 2.30. The van der Waals surface area contributed by atoms with Crippen molar-refractivity contribution in [2.24, 2.45) is 0 Å². The molecule has 8 heteroatoms. The van der Waals surface area contributed by atoms with Gasteiger partial charge in [-0.2, -0.15) is 8.42 Å². The van der Waals surface area contributed by atoms with Crippen molar-refractivity contribution in [3.63, 3.8) is 0 Å². The zero-order chi connectivity index (χ0) is 13.3. The molecule has 0 aliphatic heterocycles. The highest BCUT2D eigenvalue weighted by atomic mass is 35.5. The first kappa shape index (κ1) is 13.6. The lowest BCUT2D eigenvalue weighted by Crippen LogP contribution is -2.04. The highest BCUT2D eigenvalue weighted by Crippen LogP contribution is 2.28. The largest absolute Gasteiger partial charge is 0.441 e. The van der Waals surface area contributed by atoms with Gasteiger partial charge in [-0.1, -0.05) is 23.2 Å². The molecule has 1 N–H and O–H groups in total. The molecule has 18 heavy (non-hydrogen) atoms. The first-order valence-corrected chi connectivity index (χ1v) is 7.41. The Hall–Kier alpha value is -0.820. The highest BCUT2D eigenvalue weighted by Gasteiger charge is 2.10. The van der Waals surface area contributed by atoms with Crippen molar-refractivity contribution >= 4 is 44.4 Å². The molecule has 0 fully saturated rings. The normalized spacial score (nSPS) is 12.2. The zero-order valence-corrected chi connectivity index (χ0v) is 11.4. The lowest BCUT2D eigenvalue weighted by atomic mass is 10.3. The maximum atomic E-state index is 10.6. The first-order chi connectivity index (χ1) is 8.35. The van der Waals surface area contributed by atoms with Crippen molar-refractivity contribution < 1.29 is 17.4 Å². The average molecular weight is 310 g/mol. The van der Waals surface area contributed by atoms with Crippen LogP contribution in [-0.4, -0.2) is 23.7 Å². The lowest BCUT2D eigenvalue weighted by molar-refractivity contribution is 0.477. The molecule has 0 bridgehead atoms. The molecule has 0 radical (unpaired) electrons. The van der Waals surface area contributed by atoms with Gasteiger partial charge in [0.15, 0.2) is 11.5 Å². The first-order valence-electron chi connectivity index (χ1n) is 5.05. The minimum atomic E-state index is -3.95. The predicted molar refractivity (Wildman–Crippen MR) is 68.8 cm³/mol. The molecule has 0 saturated heterocycles. The second-order valence-electron chi connectivity index (χ2n) is 3.73. The van der Waals surface area contributed by atoms with Gasteiger partial charge in [0.05, 0.1) is 15.8 Å². The summed E-state index contributed by atoms with van der Waals surface area (Å²) in [6.07, 6.45) is 0.539. The number of oxazole rings is 1. The Morgan fingerprint density at radius 1 is 1.28 bits per heavy atom. The molecule has 0 atom stereocenters. The Bertz CT molecular complexity index is 641. The molecule has 0 amide bonds. The number of hydrogen-bond acceptors (Lipinski definition) is 4. The van der Waals surface area contributed by atoms with Crippen LogP contribution in [0, 0.1) is 0 Å². The molecule has 1 aromatic carbocycles. The van der Waals surface area contributed by atoms with Gasteiger partial charge in [-0.25, -0.2) is 4.98 Å². The number of rotatable bonds is 4. The maximum Gasteiger partial charge on any atom is 0.264 e. The van der Waals surface area contributed by atoms with Gasteiger partial charge in [0.1, 0.15) is 5.52 Å². The van der Waals surface area contributed by atoms with Crippen LogP contribution in [0.1, 0.15) is 12.3 Å². The van der Waals surface area contributed by atoms with E-state index in [1.807, 2.05) is 0 Å². The van der Waals surface area contributed by atoms with Crippen LogP contribution in [0.5, 0.6) is 0 Å². The summed E-state index contributed by atoms with van der Waals surface area (Å²) in [6, 6.07) is 3.13. The van der Waals surface area contributed by atoms with Gasteiger partial charge in [0.2, 0.25) is 0 Å². The zero-order valence-electron chi connectivity index (χ0n) is 9.06. The number of benzene rings is 1. The van der Waals surface area contributed by atoms with Crippen LogP contribution in [-0.2, 0) is 16.5 Å². The summed E-state index contributed by atoms with van der Waals surface area (Å²) in [7, 11) is -3.95. The molecular formula is C10H9Cl2NO4S. The summed E-state index contributed by atoms with van der Waals surface area (Å²) in [5.74, 6) is 0.0553. The summed E-state index contributed by atoms with van der Waals surface area (Å²) in [6.45, 7) is 0. The fraction of sp³-hybridized carbons (Fsp3) is 0.300. The van der Waals surface area contributed by atoms with Crippen LogP contribution < -0.4 is 0 Å². The average Bonchev–Trinajstić information content (AvgIpc) is 2.58. The van der Waals surface area contributed by atoms with Gasteiger partial charge < -0.3 is 4.42 Å². The van der Waals surface area contributed by atoms with Crippen LogP contribution in [0.3, 0.4) is 0 Å². The lowest BCUT2D eigenvalue weighted by Gasteiger charge is -1.94. The summed E-state index contributed by atoms with van der Waals surface area (Å²) in [5, 5.41) is 0.742. The number of halogens is 2. The molecule has 1 heterocycles. The van der Waals surface area contributed by atoms with E-state index in [1.165, 1.54) is 0 Å². The molecule has 2 rings (SSSR count). The van der Waals surface area contributed by atoms with Gasteiger partial charge in [-0.05, 0) is 12.5 Å². The van der Waals surface area contributed by atoms with E-state index in [9.17, 15) is 8.42 Å². The van der Waals surface area contributed by atoms with Gasteiger partial charge in [0, 0.05) is 12.5 Å². The molecule has 0 saturated carbocycles. The van der Waals surface area contributed by atoms with Gasteiger partial charge >= 0.3 is 0 Å². The Labute approximate surface area is 113 Å². The number of aromatic nitrogens is 1. The molecule has 0 aliphatic carbocycles. The van der Waals surface area contributed by atoms with E-state index in [-0.39, 0.29) is 12.2 Å². The highest BCUT2D eigenvalue weighted by molar-refractivity contribution is 7.85. The van der Waals surface area contributed by atoms with Crippen LogP contribution in [0.25, 0.3) is 11.1 Å². The van der Waals surface area contributed by atoms with Gasteiger partial charge in [-0.15, -0.1) is 0 Å². The smallest absolute Gasteiger partial charge is 0.264 e. The summed E-state index contributed by atoms with van der Waals surface area (Å²) in [5.41, 5.74) is 1.05. The van der Waals surface area contributed by atoms with Crippen LogP contribution in [0.4, 0.5) is 0 Å². The minimum Gasteiger partial charge on any atom is -0.441 e. The van der Waals surface area contributed by atoms with Gasteiger partial charge in [-0.3, -0.25) is 4.55 Å². The monoisotopic (exact) mass is 309 g/mol. The fourth-order valence-electron chi connectivity index (χ4n) is 1.48. The SMILES string of the molecule is O=S(=O)(O)CCCc1nc2cc(Cl)c(Cl)cc2o1. The maximum absolute atomic E-state index is 10.6. The predicted octanol–water partition coefficient (Wildman–Crippen LogP) is 2.96. The van der Waals surface area contributed by atoms with Crippen LogP contribution in [0.2, 0.25) is 10.0 Å². The van der Waals surface area contributed by atoms with Gasteiger partial charge in [0.25, 0.3) is 10.1 Å². The van der Waals surface area contributed by atoms with Crippen molar-refractivity contribution in [2.75, 3.05) is 5.75 Å². The summed E-state index contributed by atoms with van der Waals surface area (Å²) >= 11 is 11.7. The van der Waals surface area contributed by atoms with E-state index in [1.54, 1.807) is 12.1 Å². The molecule has 2 aromatic rings. The number of hydrogen-bond donors (Lipinski definition) is 1. The second kappa shape index (κ2) is 5.05. The van der Waals surface area contributed by atoms with Crippen molar-refractivity contribution in [1.82, 2.24) is 4.98 Å². The molecular weight excluding hydrogens is 301 g/mol. The molecule has 5 nitrogen and oxygen atoms in total. The Balaban J connectivity index is 2.15. The van der Waals surface area contributed by atoms with Crippen LogP contribution in [0.15, 0.2) is 16.5 Å². The summed E-state index contributed by atoms with van der Waals surface area (Å²) in [4.78, 5) is 4.15. The van der Waals surface area contributed by atoms with E-state index in [4.69, 9.17) is 32.2 Å².